The number of hydrogen-bond donors (Lipinski definition) is 1. The second-order valence-electron chi connectivity index (χ2n) is 6.22. The van der Waals surface area contributed by atoms with E-state index in [1.54, 1.807) is 26.2 Å². The van der Waals surface area contributed by atoms with Gasteiger partial charge in [0, 0.05) is 28.2 Å². The summed E-state index contributed by atoms with van der Waals surface area (Å²) in [6, 6.07) is 14.9. The molecule has 0 amide bonds. The molecule has 0 saturated carbocycles. The van der Waals surface area contributed by atoms with E-state index in [-0.39, 0.29) is 5.78 Å². The molecule has 138 valence electrons. The zero-order valence-corrected chi connectivity index (χ0v) is 15.5. The predicted octanol–water partition coefficient (Wildman–Crippen LogP) is 4.31. The predicted molar refractivity (Wildman–Crippen MR) is 105 cm³/mol. The van der Waals surface area contributed by atoms with Gasteiger partial charge in [0.25, 0.3) is 0 Å². The Bertz CT molecular complexity index is 1020. The van der Waals surface area contributed by atoms with Gasteiger partial charge in [0.15, 0.2) is 6.10 Å². The highest BCUT2D eigenvalue weighted by Gasteiger charge is 2.23. The second-order valence-corrected chi connectivity index (χ2v) is 6.22. The molecule has 0 aliphatic heterocycles. The van der Waals surface area contributed by atoms with E-state index in [4.69, 9.17) is 9.47 Å². The van der Waals surface area contributed by atoms with Crippen LogP contribution < -0.4 is 4.74 Å². The minimum Gasteiger partial charge on any atom is -0.497 e. The lowest BCUT2D eigenvalue weighted by molar-refractivity contribution is -0.140. The molecule has 1 heterocycles. The minimum atomic E-state index is -0.884. The van der Waals surface area contributed by atoms with E-state index in [0.717, 1.165) is 22.2 Å². The molecular weight excluding hydrogens is 342 g/mol. The van der Waals surface area contributed by atoms with Gasteiger partial charge >= 0.3 is 5.97 Å². The maximum Gasteiger partial charge on any atom is 0.331 e. The van der Waals surface area contributed by atoms with Gasteiger partial charge in [-0.15, -0.1) is 0 Å². The first kappa shape index (κ1) is 18.5. The van der Waals surface area contributed by atoms with E-state index in [1.165, 1.54) is 6.08 Å². The number of ketones is 1. The standard InChI is InChI=1S/C22H21NO4/c1-14-21(18-9-4-5-10-19(18)23-14)22(25)15(2)27-20(24)12-11-16-7-6-8-17(13-16)26-3/h4-13,15,23H,1-3H3/b12-11+/t15-/m1/s1. The summed E-state index contributed by atoms with van der Waals surface area (Å²) in [4.78, 5) is 28.1. The number of benzene rings is 2. The van der Waals surface area contributed by atoms with Crippen molar-refractivity contribution in [2.24, 2.45) is 0 Å². The molecule has 27 heavy (non-hydrogen) atoms. The van der Waals surface area contributed by atoms with Crippen molar-refractivity contribution in [3.8, 4) is 5.75 Å². The SMILES string of the molecule is COc1cccc(/C=C/C(=O)O[C@H](C)C(=O)c2c(C)[nH]c3ccccc23)c1. The number of rotatable bonds is 6. The lowest BCUT2D eigenvalue weighted by Gasteiger charge is -2.11. The molecule has 1 aromatic heterocycles. The van der Waals surface area contributed by atoms with Gasteiger partial charge in [0.1, 0.15) is 5.75 Å². The van der Waals surface area contributed by atoms with Gasteiger partial charge in [-0.25, -0.2) is 4.79 Å². The molecular formula is C22H21NO4. The lowest BCUT2D eigenvalue weighted by atomic mass is 10.0. The fourth-order valence-corrected chi connectivity index (χ4v) is 2.97. The average Bonchev–Trinajstić information content (AvgIpc) is 3.01. The van der Waals surface area contributed by atoms with Crippen LogP contribution in [0.25, 0.3) is 17.0 Å². The Kier molecular flexibility index (Phi) is 5.41. The van der Waals surface area contributed by atoms with Crippen molar-refractivity contribution >= 4 is 28.7 Å². The van der Waals surface area contributed by atoms with E-state index in [2.05, 4.69) is 4.98 Å². The summed E-state index contributed by atoms with van der Waals surface area (Å²) < 4.78 is 10.4. The summed E-state index contributed by atoms with van der Waals surface area (Å²) in [5.41, 5.74) is 3.01. The van der Waals surface area contributed by atoms with Crippen LogP contribution in [0.4, 0.5) is 0 Å². The van der Waals surface area contributed by atoms with E-state index in [9.17, 15) is 9.59 Å². The van der Waals surface area contributed by atoms with Crippen LogP contribution in [0.2, 0.25) is 0 Å². The van der Waals surface area contributed by atoms with Crippen LogP contribution in [0.15, 0.2) is 54.6 Å². The van der Waals surface area contributed by atoms with Crippen LogP contribution in [-0.2, 0) is 9.53 Å². The van der Waals surface area contributed by atoms with Gasteiger partial charge in [-0.05, 0) is 43.7 Å². The number of ether oxygens (including phenoxy) is 2. The maximum absolute atomic E-state index is 12.8. The Morgan fingerprint density at radius 1 is 1.11 bits per heavy atom. The van der Waals surface area contributed by atoms with Gasteiger partial charge in [-0.3, -0.25) is 4.79 Å². The number of aryl methyl sites for hydroxylation is 1. The molecule has 3 rings (SSSR count). The van der Waals surface area contributed by atoms with Crippen LogP contribution in [0, 0.1) is 6.92 Å². The van der Waals surface area contributed by atoms with Gasteiger partial charge in [-0.2, -0.15) is 0 Å². The van der Waals surface area contributed by atoms with Crippen molar-refractivity contribution in [3.05, 3.63) is 71.4 Å². The van der Waals surface area contributed by atoms with Crippen molar-refractivity contribution in [2.75, 3.05) is 7.11 Å². The molecule has 1 N–H and O–H groups in total. The van der Waals surface area contributed by atoms with Crippen LogP contribution in [0.1, 0.15) is 28.5 Å². The summed E-state index contributed by atoms with van der Waals surface area (Å²) in [5, 5.41) is 0.829. The zero-order chi connectivity index (χ0) is 19.4. The number of nitrogens with one attached hydrogen (secondary N) is 1. The van der Waals surface area contributed by atoms with Crippen molar-refractivity contribution in [1.82, 2.24) is 4.98 Å². The third kappa shape index (κ3) is 4.08. The normalized spacial score (nSPS) is 12.3. The van der Waals surface area contributed by atoms with Gasteiger partial charge in [0.05, 0.1) is 7.11 Å². The van der Waals surface area contributed by atoms with Crippen molar-refractivity contribution in [3.63, 3.8) is 0 Å². The summed E-state index contributed by atoms with van der Waals surface area (Å²) in [5.74, 6) is -0.104. The number of aromatic nitrogens is 1. The van der Waals surface area contributed by atoms with E-state index in [1.807, 2.05) is 49.4 Å². The first-order valence-electron chi connectivity index (χ1n) is 8.64. The number of Topliss-reactive ketones (excluding diaryl/α,β-unsaturated/α-hetero) is 1. The zero-order valence-electron chi connectivity index (χ0n) is 15.5. The molecule has 2 aromatic carbocycles. The van der Waals surface area contributed by atoms with E-state index >= 15 is 0 Å². The molecule has 0 fully saturated rings. The van der Waals surface area contributed by atoms with Crippen LogP contribution in [-0.4, -0.2) is 30.0 Å². The van der Waals surface area contributed by atoms with Crippen LogP contribution >= 0.6 is 0 Å². The van der Waals surface area contributed by atoms with Crippen molar-refractivity contribution < 1.29 is 19.1 Å². The highest BCUT2D eigenvalue weighted by Crippen LogP contribution is 2.24. The number of para-hydroxylation sites is 1. The number of hydrogen-bond acceptors (Lipinski definition) is 4. The van der Waals surface area contributed by atoms with E-state index in [0.29, 0.717) is 11.3 Å². The monoisotopic (exact) mass is 363 g/mol. The molecule has 5 heteroatoms. The molecule has 0 aliphatic carbocycles. The largest absolute Gasteiger partial charge is 0.497 e. The Hall–Kier alpha value is -3.34. The molecule has 3 aromatic rings. The average molecular weight is 363 g/mol. The van der Waals surface area contributed by atoms with E-state index < -0.39 is 12.1 Å². The number of methoxy groups -OCH3 is 1. The second kappa shape index (κ2) is 7.91. The number of fused-ring (bicyclic) bond motifs is 1. The highest BCUT2D eigenvalue weighted by molar-refractivity contribution is 6.11. The van der Waals surface area contributed by atoms with Crippen molar-refractivity contribution in [1.29, 1.82) is 0 Å². The summed E-state index contributed by atoms with van der Waals surface area (Å²) in [6.07, 6.45) is 2.05. The van der Waals surface area contributed by atoms with Crippen LogP contribution in [0.3, 0.4) is 0 Å². The number of aromatic amines is 1. The topological polar surface area (TPSA) is 68.4 Å². The molecule has 0 unspecified atom stereocenters. The summed E-state index contributed by atoms with van der Waals surface area (Å²) in [7, 11) is 1.58. The number of carbonyl (C=O) groups excluding carboxylic acids is 2. The molecule has 0 saturated heterocycles. The summed E-state index contributed by atoms with van der Waals surface area (Å²) >= 11 is 0. The molecule has 5 nitrogen and oxygen atoms in total. The quantitative estimate of drug-likeness (QED) is 0.402. The third-order valence-corrected chi connectivity index (χ3v) is 4.31. The van der Waals surface area contributed by atoms with Gasteiger partial charge in [-0.1, -0.05) is 30.3 Å². The Morgan fingerprint density at radius 3 is 2.67 bits per heavy atom. The fraction of sp³-hybridized carbons (Fsp3) is 0.182. The molecule has 0 aliphatic rings. The van der Waals surface area contributed by atoms with Gasteiger partial charge < -0.3 is 14.5 Å². The number of esters is 1. The van der Waals surface area contributed by atoms with Gasteiger partial charge in [0.2, 0.25) is 5.78 Å². The minimum absolute atomic E-state index is 0.229. The smallest absolute Gasteiger partial charge is 0.331 e. The molecule has 0 bridgehead atoms. The third-order valence-electron chi connectivity index (χ3n) is 4.31. The fourth-order valence-electron chi connectivity index (χ4n) is 2.97. The molecule has 0 spiro atoms. The first-order chi connectivity index (χ1) is 13.0. The van der Waals surface area contributed by atoms with Crippen LogP contribution in [0.5, 0.6) is 5.75 Å². The maximum atomic E-state index is 12.8. The first-order valence-corrected chi connectivity index (χ1v) is 8.64. The summed E-state index contributed by atoms with van der Waals surface area (Å²) in [6.45, 7) is 3.42. The number of H-pyrrole nitrogens is 1. The molecule has 1 atom stereocenters. The lowest BCUT2D eigenvalue weighted by Crippen LogP contribution is -2.24. The molecule has 0 radical (unpaired) electrons. The Morgan fingerprint density at radius 2 is 1.89 bits per heavy atom. The van der Waals surface area contributed by atoms with Crippen molar-refractivity contribution in [2.45, 2.75) is 20.0 Å². The Labute approximate surface area is 157 Å². The number of carbonyl (C=O) groups is 2. The highest BCUT2D eigenvalue weighted by atomic mass is 16.5. The Balaban J connectivity index is 1.71.